The fourth-order valence-electron chi connectivity index (χ4n) is 2.79. The molecule has 1 atom stereocenters. The highest BCUT2D eigenvalue weighted by atomic mass is 35.5. The van der Waals surface area contributed by atoms with Crippen LogP contribution in [0.1, 0.15) is 22.8 Å². The lowest BCUT2D eigenvalue weighted by atomic mass is 10.2. The molecule has 1 amide bonds. The van der Waals surface area contributed by atoms with Crippen molar-refractivity contribution in [2.75, 3.05) is 10.8 Å². The van der Waals surface area contributed by atoms with Crippen LogP contribution in [0.15, 0.2) is 47.4 Å². The van der Waals surface area contributed by atoms with Crippen LogP contribution in [0.25, 0.3) is 0 Å². The summed E-state index contributed by atoms with van der Waals surface area (Å²) >= 11 is 6.12. The van der Waals surface area contributed by atoms with Crippen LogP contribution in [0, 0.1) is 0 Å². The summed E-state index contributed by atoms with van der Waals surface area (Å²) in [6.07, 6.45) is -0.552. The molecule has 0 spiro atoms. The van der Waals surface area contributed by atoms with E-state index in [-0.39, 0.29) is 22.0 Å². The molecule has 0 bridgehead atoms. The molecular formula is C18H17ClN2O5S. The zero-order valence-corrected chi connectivity index (χ0v) is 16.0. The van der Waals surface area contributed by atoms with E-state index in [4.69, 9.17) is 22.1 Å². The molecule has 7 nitrogen and oxygen atoms in total. The first-order chi connectivity index (χ1) is 12.7. The Kier molecular flexibility index (Phi) is 5.12. The van der Waals surface area contributed by atoms with Crippen LogP contribution in [-0.2, 0) is 26.0 Å². The maximum absolute atomic E-state index is 13.1. The molecule has 2 N–H and O–H groups in total. The van der Waals surface area contributed by atoms with Crippen molar-refractivity contribution >= 4 is 39.2 Å². The number of nitrogens with zero attached hydrogens (tertiary/aromatic N) is 1. The number of hydrogen-bond acceptors (Lipinski definition) is 5. The quantitative estimate of drug-likeness (QED) is 0.762. The number of carbonyl (C=O) groups excluding carboxylic acids is 2. The summed E-state index contributed by atoms with van der Waals surface area (Å²) in [4.78, 5) is 23.0. The summed E-state index contributed by atoms with van der Waals surface area (Å²) in [6, 6.07) is 11.0. The number of para-hydroxylation sites is 1. The number of carbonyl (C=O) groups is 2. The molecule has 0 fully saturated rings. The van der Waals surface area contributed by atoms with E-state index in [0.29, 0.717) is 12.1 Å². The minimum absolute atomic E-state index is 0.0149. The molecule has 0 saturated carbocycles. The van der Waals surface area contributed by atoms with Crippen molar-refractivity contribution < 1.29 is 22.7 Å². The molecule has 0 radical (unpaired) electrons. The first kappa shape index (κ1) is 19.2. The zero-order valence-electron chi connectivity index (χ0n) is 14.4. The fraction of sp³-hybridized carbons (Fsp3) is 0.222. The van der Waals surface area contributed by atoms with Crippen LogP contribution in [0.3, 0.4) is 0 Å². The Hall–Kier alpha value is -2.58. The van der Waals surface area contributed by atoms with Gasteiger partial charge in [-0.3, -0.25) is 9.10 Å². The number of anilines is 1. The molecule has 0 aromatic heterocycles. The fourth-order valence-corrected chi connectivity index (χ4v) is 4.80. The molecule has 0 aliphatic carbocycles. The molecule has 1 heterocycles. The average Bonchev–Trinajstić information content (AvgIpc) is 3.06. The summed E-state index contributed by atoms with van der Waals surface area (Å²) in [5, 5.41) is -0.0149. The van der Waals surface area contributed by atoms with Crippen molar-refractivity contribution in [3.63, 3.8) is 0 Å². The number of primary amides is 1. The molecule has 1 aliphatic rings. The van der Waals surface area contributed by atoms with E-state index in [1.807, 2.05) is 12.1 Å². The lowest BCUT2D eigenvalue weighted by Gasteiger charge is -2.20. The third-order valence-corrected chi connectivity index (χ3v) is 6.56. The smallest absolute Gasteiger partial charge is 0.338 e. The lowest BCUT2D eigenvalue weighted by molar-refractivity contribution is -0.125. The summed E-state index contributed by atoms with van der Waals surface area (Å²) in [5.41, 5.74) is 6.54. The van der Waals surface area contributed by atoms with Gasteiger partial charge in [0.25, 0.3) is 15.9 Å². The van der Waals surface area contributed by atoms with E-state index in [0.717, 1.165) is 11.6 Å². The first-order valence-corrected chi connectivity index (χ1v) is 9.94. The Morgan fingerprint density at radius 1 is 1.22 bits per heavy atom. The van der Waals surface area contributed by atoms with Gasteiger partial charge in [-0.2, -0.15) is 0 Å². The summed E-state index contributed by atoms with van der Waals surface area (Å²) in [7, 11) is -3.98. The molecule has 9 heteroatoms. The van der Waals surface area contributed by atoms with E-state index in [2.05, 4.69) is 0 Å². The molecule has 27 heavy (non-hydrogen) atoms. The maximum atomic E-state index is 13.1. The van der Waals surface area contributed by atoms with Crippen LogP contribution in [0.4, 0.5) is 5.69 Å². The van der Waals surface area contributed by atoms with Crippen LogP contribution in [0.5, 0.6) is 0 Å². The Morgan fingerprint density at radius 2 is 1.93 bits per heavy atom. The molecule has 0 saturated heterocycles. The SMILES string of the molecule is C[C@H](OC(=O)c1ccc(Cl)c(S(=O)(=O)N2CCc3ccccc32)c1)C(N)=O. The van der Waals surface area contributed by atoms with Gasteiger partial charge in [0.1, 0.15) is 4.90 Å². The van der Waals surface area contributed by atoms with Gasteiger partial charge in [0.2, 0.25) is 0 Å². The molecular weight excluding hydrogens is 392 g/mol. The number of ether oxygens (including phenoxy) is 1. The number of halogens is 1. The molecule has 142 valence electrons. The van der Waals surface area contributed by atoms with Crippen LogP contribution < -0.4 is 10.0 Å². The lowest BCUT2D eigenvalue weighted by Crippen LogP contribution is -2.31. The Morgan fingerprint density at radius 3 is 2.63 bits per heavy atom. The standard InChI is InChI=1S/C18H17ClN2O5S/c1-11(17(20)22)26-18(23)13-6-7-14(19)16(10-13)27(24,25)21-9-8-12-4-2-3-5-15(12)21/h2-7,10-11H,8-9H2,1H3,(H2,20,22)/t11-/m0/s1. The first-order valence-electron chi connectivity index (χ1n) is 8.12. The Bertz CT molecular complexity index is 1020. The number of hydrogen-bond donors (Lipinski definition) is 1. The van der Waals surface area contributed by atoms with Crippen molar-refractivity contribution in [3.05, 3.63) is 58.6 Å². The number of esters is 1. The molecule has 2 aromatic rings. The van der Waals surface area contributed by atoms with Gasteiger partial charge in [0.15, 0.2) is 6.10 Å². The highest BCUT2D eigenvalue weighted by Gasteiger charge is 2.32. The van der Waals surface area contributed by atoms with Gasteiger partial charge < -0.3 is 10.5 Å². The second kappa shape index (κ2) is 7.21. The van der Waals surface area contributed by atoms with Crippen LogP contribution in [-0.4, -0.2) is 32.9 Å². The maximum Gasteiger partial charge on any atom is 0.338 e. The summed E-state index contributed by atoms with van der Waals surface area (Å²) in [5.74, 6) is -1.67. The molecule has 2 aromatic carbocycles. The van der Waals surface area contributed by atoms with Gasteiger partial charge in [-0.05, 0) is 43.2 Å². The highest BCUT2D eigenvalue weighted by molar-refractivity contribution is 7.93. The van der Waals surface area contributed by atoms with E-state index in [1.165, 1.54) is 23.4 Å². The Labute approximate surface area is 161 Å². The highest BCUT2D eigenvalue weighted by Crippen LogP contribution is 2.35. The van der Waals surface area contributed by atoms with Crippen molar-refractivity contribution in [1.82, 2.24) is 0 Å². The number of benzene rings is 2. The predicted octanol–water partition coefficient (Wildman–Crippen LogP) is 2.12. The topological polar surface area (TPSA) is 107 Å². The molecule has 1 aliphatic heterocycles. The number of fused-ring (bicyclic) bond motifs is 1. The van der Waals surface area contributed by atoms with Gasteiger partial charge in [0, 0.05) is 6.54 Å². The number of amides is 1. The van der Waals surface area contributed by atoms with E-state index >= 15 is 0 Å². The second-order valence-corrected chi connectivity index (χ2v) is 8.29. The summed E-state index contributed by atoms with van der Waals surface area (Å²) in [6.45, 7) is 1.61. The van der Waals surface area contributed by atoms with E-state index in [9.17, 15) is 18.0 Å². The zero-order chi connectivity index (χ0) is 19.8. The van der Waals surface area contributed by atoms with Crippen molar-refractivity contribution in [1.29, 1.82) is 0 Å². The van der Waals surface area contributed by atoms with Crippen molar-refractivity contribution in [2.24, 2.45) is 5.73 Å². The number of nitrogens with two attached hydrogens (primary N) is 1. The number of rotatable bonds is 5. The van der Waals surface area contributed by atoms with Gasteiger partial charge in [0.05, 0.1) is 16.3 Å². The monoisotopic (exact) mass is 408 g/mol. The predicted molar refractivity (Wildman–Crippen MR) is 100 cm³/mol. The van der Waals surface area contributed by atoms with Crippen LogP contribution >= 0.6 is 11.6 Å². The average molecular weight is 409 g/mol. The van der Waals surface area contributed by atoms with E-state index < -0.39 is 28.0 Å². The van der Waals surface area contributed by atoms with Crippen molar-refractivity contribution in [3.8, 4) is 0 Å². The van der Waals surface area contributed by atoms with Gasteiger partial charge in [-0.25, -0.2) is 13.2 Å². The molecule has 3 rings (SSSR count). The van der Waals surface area contributed by atoms with Gasteiger partial charge in [-0.15, -0.1) is 0 Å². The van der Waals surface area contributed by atoms with E-state index in [1.54, 1.807) is 12.1 Å². The Balaban J connectivity index is 1.97. The minimum atomic E-state index is -3.98. The molecule has 0 unspecified atom stereocenters. The second-order valence-electron chi connectivity index (χ2n) is 6.05. The minimum Gasteiger partial charge on any atom is -0.449 e. The largest absolute Gasteiger partial charge is 0.449 e. The van der Waals surface area contributed by atoms with Crippen LogP contribution in [0.2, 0.25) is 5.02 Å². The number of sulfonamides is 1. The van der Waals surface area contributed by atoms with Gasteiger partial charge in [-0.1, -0.05) is 29.8 Å². The third-order valence-electron chi connectivity index (χ3n) is 4.26. The van der Waals surface area contributed by atoms with Crippen molar-refractivity contribution in [2.45, 2.75) is 24.3 Å². The van der Waals surface area contributed by atoms with Gasteiger partial charge >= 0.3 is 5.97 Å². The summed E-state index contributed by atoms with van der Waals surface area (Å²) < 4.78 is 32.5. The normalized spacial score (nSPS) is 14.5. The third kappa shape index (κ3) is 3.63.